The van der Waals surface area contributed by atoms with Crippen LogP contribution in [0.1, 0.15) is 29.2 Å². The van der Waals surface area contributed by atoms with Crippen molar-refractivity contribution in [1.29, 1.82) is 0 Å². The van der Waals surface area contributed by atoms with Gasteiger partial charge in [0.1, 0.15) is 5.82 Å². The molecule has 0 saturated heterocycles. The van der Waals surface area contributed by atoms with Crippen molar-refractivity contribution in [3.8, 4) is 0 Å². The minimum Gasteiger partial charge on any atom is -0.377 e. The third-order valence-corrected chi connectivity index (χ3v) is 5.56. The largest absolute Gasteiger partial charge is 0.377 e. The van der Waals surface area contributed by atoms with E-state index in [1.807, 2.05) is 63.2 Å². The standard InChI is InChI=1S/C26H29N5O2/c1-5-13-30-24-21(16-31(26(30)32)23-18(3)9-7-10-19(23)4)15-27-25(29-24)28-22-12-8-11-20(14-22)17-33-6-2/h5,7-12,14-15H,1,6,13,16-17H2,2-4H3,(H,27,28,29). The maximum absolute atomic E-state index is 13.5. The molecule has 0 saturated carbocycles. The SMILES string of the molecule is C=CCN1C(=O)N(c2c(C)cccc2C)Cc2cnc(Nc3cccc(COCC)c3)nc21. The molecule has 0 bridgehead atoms. The molecule has 4 rings (SSSR count). The lowest BCUT2D eigenvalue weighted by Crippen LogP contribution is -2.48. The molecular formula is C26H29N5O2. The molecule has 1 aromatic heterocycles. The van der Waals surface area contributed by atoms with Crippen molar-refractivity contribution in [3.63, 3.8) is 0 Å². The summed E-state index contributed by atoms with van der Waals surface area (Å²) in [5.74, 6) is 1.04. The maximum atomic E-state index is 13.5. The number of ether oxygens (including phenoxy) is 1. The monoisotopic (exact) mass is 443 g/mol. The summed E-state index contributed by atoms with van der Waals surface area (Å²) in [5, 5.41) is 3.25. The molecule has 2 heterocycles. The number of para-hydroxylation sites is 1. The van der Waals surface area contributed by atoms with E-state index in [0.717, 1.165) is 33.6 Å². The van der Waals surface area contributed by atoms with Crippen LogP contribution in [0.3, 0.4) is 0 Å². The average molecular weight is 444 g/mol. The van der Waals surface area contributed by atoms with Gasteiger partial charge in [-0.3, -0.25) is 9.80 Å². The number of carbonyl (C=O) groups excluding carboxylic acids is 1. The average Bonchev–Trinajstić information content (AvgIpc) is 2.80. The van der Waals surface area contributed by atoms with Gasteiger partial charge in [0.15, 0.2) is 0 Å². The van der Waals surface area contributed by atoms with Crippen LogP contribution in [0, 0.1) is 13.8 Å². The summed E-state index contributed by atoms with van der Waals surface area (Å²) in [6.07, 6.45) is 3.50. The van der Waals surface area contributed by atoms with Gasteiger partial charge >= 0.3 is 6.03 Å². The van der Waals surface area contributed by atoms with E-state index < -0.39 is 0 Å². The highest BCUT2D eigenvalue weighted by Crippen LogP contribution is 2.34. The second-order valence-corrected chi connectivity index (χ2v) is 8.01. The number of aromatic nitrogens is 2. The third kappa shape index (κ3) is 4.73. The molecule has 2 aromatic carbocycles. The van der Waals surface area contributed by atoms with Gasteiger partial charge in [0.05, 0.1) is 18.8 Å². The van der Waals surface area contributed by atoms with Crippen LogP contribution in [0.4, 0.5) is 27.9 Å². The number of nitrogens with zero attached hydrogens (tertiary/aromatic N) is 4. The van der Waals surface area contributed by atoms with Crippen molar-refractivity contribution < 1.29 is 9.53 Å². The topological polar surface area (TPSA) is 70.6 Å². The molecular weight excluding hydrogens is 414 g/mol. The fourth-order valence-electron chi connectivity index (χ4n) is 4.07. The van der Waals surface area contributed by atoms with Crippen molar-refractivity contribution in [2.75, 3.05) is 28.3 Å². The van der Waals surface area contributed by atoms with Gasteiger partial charge in [0.2, 0.25) is 5.95 Å². The summed E-state index contributed by atoms with van der Waals surface area (Å²) in [6.45, 7) is 11.8. The Bertz CT molecular complexity index is 1160. The molecule has 0 aliphatic carbocycles. The lowest BCUT2D eigenvalue weighted by atomic mass is 10.1. The molecule has 0 spiro atoms. The molecule has 1 aliphatic rings. The fraction of sp³-hybridized carbons (Fsp3) is 0.269. The molecule has 33 heavy (non-hydrogen) atoms. The molecule has 3 aromatic rings. The molecule has 7 nitrogen and oxygen atoms in total. The smallest absolute Gasteiger partial charge is 0.330 e. The Morgan fingerprint density at radius 2 is 1.94 bits per heavy atom. The number of nitrogens with one attached hydrogen (secondary N) is 1. The molecule has 0 unspecified atom stereocenters. The van der Waals surface area contributed by atoms with Crippen LogP contribution in [0.25, 0.3) is 0 Å². The van der Waals surface area contributed by atoms with E-state index in [4.69, 9.17) is 9.72 Å². The lowest BCUT2D eigenvalue weighted by Gasteiger charge is -2.37. The van der Waals surface area contributed by atoms with Crippen LogP contribution in [-0.2, 0) is 17.9 Å². The molecule has 1 N–H and O–H groups in total. The number of amides is 2. The summed E-state index contributed by atoms with van der Waals surface area (Å²) in [4.78, 5) is 26.2. The number of hydrogen-bond donors (Lipinski definition) is 1. The van der Waals surface area contributed by atoms with Crippen LogP contribution in [-0.4, -0.2) is 29.2 Å². The Labute approximate surface area is 194 Å². The highest BCUT2D eigenvalue weighted by atomic mass is 16.5. The van der Waals surface area contributed by atoms with Crippen molar-refractivity contribution in [3.05, 3.63) is 83.6 Å². The number of aryl methyl sites for hydroxylation is 2. The fourth-order valence-corrected chi connectivity index (χ4v) is 4.07. The van der Waals surface area contributed by atoms with Gasteiger partial charge in [-0.25, -0.2) is 9.78 Å². The minimum absolute atomic E-state index is 0.122. The van der Waals surface area contributed by atoms with E-state index >= 15 is 0 Å². The maximum Gasteiger partial charge on any atom is 0.330 e. The van der Waals surface area contributed by atoms with E-state index in [1.165, 1.54) is 0 Å². The summed E-state index contributed by atoms with van der Waals surface area (Å²) in [6, 6.07) is 13.9. The van der Waals surface area contributed by atoms with E-state index in [0.29, 0.717) is 38.1 Å². The zero-order valence-electron chi connectivity index (χ0n) is 19.3. The number of hydrogen-bond acceptors (Lipinski definition) is 5. The molecule has 1 aliphatic heterocycles. The zero-order chi connectivity index (χ0) is 23.4. The van der Waals surface area contributed by atoms with E-state index in [1.54, 1.807) is 22.1 Å². The van der Waals surface area contributed by atoms with Crippen molar-refractivity contribution in [2.45, 2.75) is 33.9 Å². The zero-order valence-corrected chi connectivity index (χ0v) is 19.3. The summed E-state index contributed by atoms with van der Waals surface area (Å²) < 4.78 is 5.50. The summed E-state index contributed by atoms with van der Waals surface area (Å²) in [5.41, 5.74) is 5.84. The first-order valence-electron chi connectivity index (χ1n) is 11.1. The van der Waals surface area contributed by atoms with Gasteiger partial charge in [-0.1, -0.05) is 36.4 Å². The minimum atomic E-state index is -0.122. The number of fused-ring (bicyclic) bond motifs is 1. The Morgan fingerprint density at radius 1 is 1.18 bits per heavy atom. The Hall–Kier alpha value is -3.71. The second-order valence-electron chi connectivity index (χ2n) is 8.01. The normalized spacial score (nSPS) is 13.1. The lowest BCUT2D eigenvalue weighted by molar-refractivity contribution is 0.134. The van der Waals surface area contributed by atoms with E-state index in [9.17, 15) is 4.79 Å². The van der Waals surface area contributed by atoms with Gasteiger partial charge in [-0.2, -0.15) is 4.98 Å². The Morgan fingerprint density at radius 3 is 2.67 bits per heavy atom. The van der Waals surface area contributed by atoms with E-state index in [-0.39, 0.29) is 6.03 Å². The predicted molar refractivity (Wildman–Crippen MR) is 132 cm³/mol. The number of rotatable bonds is 8. The van der Waals surface area contributed by atoms with Crippen LogP contribution in [0.5, 0.6) is 0 Å². The molecule has 0 fully saturated rings. The molecule has 0 radical (unpaired) electrons. The van der Waals surface area contributed by atoms with Crippen molar-refractivity contribution in [1.82, 2.24) is 9.97 Å². The number of anilines is 4. The van der Waals surface area contributed by atoms with Gasteiger partial charge in [0, 0.05) is 30.6 Å². The molecule has 0 atom stereocenters. The van der Waals surface area contributed by atoms with E-state index in [2.05, 4.69) is 16.9 Å². The highest BCUT2D eigenvalue weighted by molar-refractivity contribution is 6.06. The van der Waals surface area contributed by atoms with Crippen molar-refractivity contribution >= 4 is 29.2 Å². The Kier molecular flexibility index (Phi) is 6.70. The highest BCUT2D eigenvalue weighted by Gasteiger charge is 2.33. The molecule has 170 valence electrons. The van der Waals surface area contributed by atoms with Gasteiger partial charge < -0.3 is 10.1 Å². The van der Waals surface area contributed by atoms with Crippen LogP contribution >= 0.6 is 0 Å². The van der Waals surface area contributed by atoms with Gasteiger partial charge in [-0.15, -0.1) is 6.58 Å². The van der Waals surface area contributed by atoms with Crippen LogP contribution in [0.15, 0.2) is 61.3 Å². The van der Waals surface area contributed by atoms with Crippen LogP contribution < -0.4 is 15.1 Å². The third-order valence-electron chi connectivity index (χ3n) is 5.56. The first-order chi connectivity index (χ1) is 16.0. The second kappa shape index (κ2) is 9.83. The summed E-state index contributed by atoms with van der Waals surface area (Å²) >= 11 is 0. The number of carbonyl (C=O) groups is 1. The Balaban J connectivity index is 1.65. The van der Waals surface area contributed by atoms with Crippen LogP contribution in [0.2, 0.25) is 0 Å². The number of benzene rings is 2. The van der Waals surface area contributed by atoms with Gasteiger partial charge in [0.25, 0.3) is 0 Å². The molecule has 2 amide bonds. The first kappa shape index (κ1) is 22.5. The summed E-state index contributed by atoms with van der Waals surface area (Å²) in [7, 11) is 0. The first-order valence-corrected chi connectivity index (χ1v) is 11.1. The molecule has 7 heteroatoms. The quantitative estimate of drug-likeness (QED) is 0.465. The number of urea groups is 1. The van der Waals surface area contributed by atoms with Crippen molar-refractivity contribution in [2.24, 2.45) is 0 Å². The predicted octanol–water partition coefficient (Wildman–Crippen LogP) is 5.51. The van der Waals surface area contributed by atoms with Gasteiger partial charge in [-0.05, 0) is 49.6 Å².